The molecule has 0 amide bonds. The van der Waals surface area contributed by atoms with Crippen LogP contribution in [0.15, 0.2) is 18.7 Å². The van der Waals surface area contributed by atoms with Crippen molar-refractivity contribution in [1.29, 1.82) is 0 Å². The zero-order chi connectivity index (χ0) is 9.26. The quantitative estimate of drug-likeness (QED) is 0.715. The summed E-state index contributed by atoms with van der Waals surface area (Å²) in [6.07, 6.45) is 5.14. The molecule has 0 aliphatic rings. The summed E-state index contributed by atoms with van der Waals surface area (Å²) in [5.74, 6) is 0. The van der Waals surface area contributed by atoms with Gasteiger partial charge in [-0.1, -0.05) is 0 Å². The predicted molar refractivity (Wildman–Crippen MR) is 49.9 cm³/mol. The molecule has 2 heterocycles. The van der Waals surface area contributed by atoms with Crippen LogP contribution in [0.3, 0.4) is 0 Å². The van der Waals surface area contributed by atoms with Crippen LogP contribution < -0.4 is 5.73 Å². The average Bonchev–Trinajstić information content (AvgIpc) is 2.71. The Morgan fingerprint density at radius 3 is 3.00 bits per heavy atom. The number of rotatable bonds is 2. The molecule has 2 aromatic heterocycles. The summed E-state index contributed by atoms with van der Waals surface area (Å²) in [5, 5.41) is 6.71. The number of nitrogens with one attached hydrogen (secondary N) is 1. The van der Waals surface area contributed by atoms with Gasteiger partial charge < -0.3 is 10.3 Å². The molecule has 5 heteroatoms. The van der Waals surface area contributed by atoms with Gasteiger partial charge in [0.05, 0.1) is 30.1 Å². The van der Waals surface area contributed by atoms with E-state index in [9.17, 15) is 0 Å². The molecule has 0 aliphatic carbocycles. The summed E-state index contributed by atoms with van der Waals surface area (Å²) >= 11 is 0. The number of H-pyrrole nitrogens is 1. The lowest BCUT2D eigenvalue weighted by molar-refractivity contribution is 0.766. The van der Waals surface area contributed by atoms with Crippen molar-refractivity contribution < 1.29 is 0 Å². The van der Waals surface area contributed by atoms with E-state index in [1.165, 1.54) is 0 Å². The van der Waals surface area contributed by atoms with Gasteiger partial charge in [0.15, 0.2) is 0 Å². The van der Waals surface area contributed by atoms with E-state index in [0.29, 0.717) is 5.69 Å². The Bertz CT molecular complexity index is 400. The van der Waals surface area contributed by atoms with E-state index in [4.69, 9.17) is 5.73 Å². The van der Waals surface area contributed by atoms with Gasteiger partial charge in [0.1, 0.15) is 5.69 Å². The lowest BCUT2D eigenvalue weighted by Gasteiger charge is -2.02. The molecule has 0 fully saturated rings. The summed E-state index contributed by atoms with van der Waals surface area (Å²) in [6, 6.07) is 0. The third-order valence-electron chi connectivity index (χ3n) is 1.98. The Morgan fingerprint density at radius 1 is 1.54 bits per heavy atom. The van der Waals surface area contributed by atoms with Crippen LogP contribution in [0, 0.1) is 0 Å². The van der Waals surface area contributed by atoms with Gasteiger partial charge in [0.25, 0.3) is 0 Å². The number of aromatic amines is 1. The molecule has 0 aromatic carbocycles. The predicted octanol–water partition coefficient (Wildman–Crippen LogP) is 0.875. The maximum Gasteiger partial charge on any atom is 0.106 e. The molecule has 2 aromatic rings. The molecule has 3 N–H and O–H groups in total. The SMILES string of the molecule is CCn1cncc1-c1[nH]ncc1N. The summed E-state index contributed by atoms with van der Waals surface area (Å²) in [4.78, 5) is 4.05. The van der Waals surface area contributed by atoms with Gasteiger partial charge in [-0.25, -0.2) is 4.98 Å². The van der Waals surface area contributed by atoms with Crippen molar-refractivity contribution in [2.24, 2.45) is 0 Å². The summed E-state index contributed by atoms with van der Waals surface area (Å²) in [7, 11) is 0. The van der Waals surface area contributed by atoms with Gasteiger partial charge in [0.2, 0.25) is 0 Å². The zero-order valence-electron chi connectivity index (χ0n) is 7.36. The Hall–Kier alpha value is -1.78. The Labute approximate surface area is 75.6 Å². The minimum absolute atomic E-state index is 0.648. The molecule has 2 rings (SSSR count). The third-order valence-corrected chi connectivity index (χ3v) is 1.98. The molecule has 68 valence electrons. The minimum atomic E-state index is 0.648. The molecular formula is C8H11N5. The van der Waals surface area contributed by atoms with Crippen LogP contribution in [0.5, 0.6) is 0 Å². The molecular weight excluding hydrogens is 166 g/mol. The van der Waals surface area contributed by atoms with Crippen LogP contribution in [0.4, 0.5) is 5.69 Å². The second kappa shape index (κ2) is 2.93. The topological polar surface area (TPSA) is 72.5 Å². The molecule has 0 bridgehead atoms. The van der Waals surface area contributed by atoms with Crippen LogP contribution in [-0.2, 0) is 6.54 Å². The zero-order valence-corrected chi connectivity index (χ0v) is 7.36. The van der Waals surface area contributed by atoms with E-state index in [2.05, 4.69) is 22.1 Å². The molecule has 0 saturated heterocycles. The first kappa shape index (κ1) is 7.85. The molecule has 0 radical (unpaired) electrons. The van der Waals surface area contributed by atoms with Crippen molar-refractivity contribution >= 4 is 5.69 Å². The lowest BCUT2D eigenvalue weighted by atomic mass is 10.3. The summed E-state index contributed by atoms with van der Waals surface area (Å²) in [6.45, 7) is 2.92. The van der Waals surface area contributed by atoms with Crippen LogP contribution in [0.25, 0.3) is 11.4 Å². The number of anilines is 1. The molecule has 13 heavy (non-hydrogen) atoms. The molecule has 0 saturated carbocycles. The van der Waals surface area contributed by atoms with E-state index in [1.54, 1.807) is 18.7 Å². The third kappa shape index (κ3) is 1.18. The van der Waals surface area contributed by atoms with Crippen LogP contribution in [0.2, 0.25) is 0 Å². The van der Waals surface area contributed by atoms with Crippen molar-refractivity contribution in [3.05, 3.63) is 18.7 Å². The molecule has 0 atom stereocenters. The lowest BCUT2D eigenvalue weighted by Crippen LogP contribution is -1.96. The van der Waals surface area contributed by atoms with E-state index in [1.807, 2.05) is 4.57 Å². The highest BCUT2D eigenvalue weighted by molar-refractivity contribution is 5.68. The van der Waals surface area contributed by atoms with E-state index in [-0.39, 0.29) is 0 Å². The van der Waals surface area contributed by atoms with Gasteiger partial charge in [0, 0.05) is 6.54 Å². The first-order chi connectivity index (χ1) is 6.33. The van der Waals surface area contributed by atoms with Crippen molar-refractivity contribution in [2.75, 3.05) is 5.73 Å². The fourth-order valence-electron chi connectivity index (χ4n) is 1.28. The average molecular weight is 177 g/mol. The Morgan fingerprint density at radius 2 is 2.38 bits per heavy atom. The van der Waals surface area contributed by atoms with E-state index in [0.717, 1.165) is 17.9 Å². The normalized spacial score (nSPS) is 10.5. The van der Waals surface area contributed by atoms with E-state index >= 15 is 0 Å². The number of hydrogen-bond donors (Lipinski definition) is 2. The van der Waals surface area contributed by atoms with Gasteiger partial charge in [-0.3, -0.25) is 5.10 Å². The van der Waals surface area contributed by atoms with Crippen molar-refractivity contribution in [3.8, 4) is 11.4 Å². The minimum Gasteiger partial charge on any atom is -0.396 e. The van der Waals surface area contributed by atoms with Gasteiger partial charge in [-0.2, -0.15) is 5.10 Å². The highest BCUT2D eigenvalue weighted by Gasteiger charge is 2.08. The van der Waals surface area contributed by atoms with Crippen LogP contribution >= 0.6 is 0 Å². The van der Waals surface area contributed by atoms with Crippen LogP contribution in [0.1, 0.15) is 6.92 Å². The fraction of sp³-hybridized carbons (Fsp3) is 0.250. The Balaban J connectivity index is 2.52. The summed E-state index contributed by atoms with van der Waals surface area (Å²) in [5.41, 5.74) is 8.17. The maximum absolute atomic E-state index is 5.72. The fourth-order valence-corrected chi connectivity index (χ4v) is 1.28. The number of nitrogen functional groups attached to an aromatic ring is 1. The summed E-state index contributed by atoms with van der Waals surface area (Å²) < 4.78 is 2.00. The molecule has 0 unspecified atom stereocenters. The smallest absolute Gasteiger partial charge is 0.106 e. The monoisotopic (exact) mass is 177 g/mol. The van der Waals surface area contributed by atoms with Gasteiger partial charge >= 0.3 is 0 Å². The van der Waals surface area contributed by atoms with Crippen molar-refractivity contribution in [1.82, 2.24) is 19.7 Å². The van der Waals surface area contributed by atoms with Gasteiger partial charge in [-0.15, -0.1) is 0 Å². The highest BCUT2D eigenvalue weighted by Crippen LogP contribution is 2.21. The second-order valence-electron chi connectivity index (χ2n) is 2.77. The van der Waals surface area contributed by atoms with Crippen LogP contribution in [-0.4, -0.2) is 19.7 Å². The maximum atomic E-state index is 5.72. The largest absolute Gasteiger partial charge is 0.396 e. The number of nitrogens with two attached hydrogens (primary N) is 1. The number of nitrogens with zero attached hydrogens (tertiary/aromatic N) is 3. The van der Waals surface area contributed by atoms with Crippen molar-refractivity contribution in [2.45, 2.75) is 13.5 Å². The number of aryl methyl sites for hydroxylation is 1. The number of imidazole rings is 1. The first-order valence-corrected chi connectivity index (χ1v) is 4.12. The molecule has 0 spiro atoms. The Kier molecular flexibility index (Phi) is 1.77. The van der Waals surface area contributed by atoms with E-state index < -0.39 is 0 Å². The number of hydrogen-bond acceptors (Lipinski definition) is 3. The van der Waals surface area contributed by atoms with Crippen molar-refractivity contribution in [3.63, 3.8) is 0 Å². The first-order valence-electron chi connectivity index (χ1n) is 4.12. The standard InChI is InChI=1S/C8H11N5/c1-2-13-5-10-4-7(13)8-6(9)3-11-12-8/h3-5H,2,9H2,1H3,(H,11,12). The number of aromatic nitrogens is 4. The highest BCUT2D eigenvalue weighted by atomic mass is 15.1. The second-order valence-corrected chi connectivity index (χ2v) is 2.77. The molecule has 5 nitrogen and oxygen atoms in total. The van der Waals surface area contributed by atoms with Gasteiger partial charge in [-0.05, 0) is 6.92 Å². The molecule has 0 aliphatic heterocycles.